The molecule has 1 aromatic heterocycles. The first-order valence-electron chi connectivity index (χ1n) is 8.61. The normalized spacial score (nSPS) is 10.9. The molecule has 0 atom stereocenters. The van der Waals surface area contributed by atoms with Crippen molar-refractivity contribution in [2.45, 2.75) is 30.7 Å². The van der Waals surface area contributed by atoms with Crippen LogP contribution in [0.3, 0.4) is 0 Å². The molecule has 0 fully saturated rings. The van der Waals surface area contributed by atoms with E-state index in [4.69, 9.17) is 9.47 Å². The predicted molar refractivity (Wildman–Crippen MR) is 105 cm³/mol. The fourth-order valence-corrected chi connectivity index (χ4v) is 3.19. The van der Waals surface area contributed by atoms with Crippen molar-refractivity contribution in [1.82, 2.24) is 9.97 Å². The van der Waals surface area contributed by atoms with Gasteiger partial charge in [0, 0.05) is 17.9 Å². The summed E-state index contributed by atoms with van der Waals surface area (Å²) < 4.78 is 24.4. The van der Waals surface area contributed by atoms with Crippen LogP contribution in [0.5, 0.6) is 17.4 Å². The molecule has 0 aliphatic rings. The number of nitrogens with zero attached hydrogens (tertiary/aromatic N) is 2. The smallest absolute Gasteiger partial charge is 0.223 e. The summed E-state index contributed by atoms with van der Waals surface area (Å²) in [5, 5.41) is 0.621. The van der Waals surface area contributed by atoms with Crippen molar-refractivity contribution in [3.8, 4) is 17.4 Å². The van der Waals surface area contributed by atoms with Crippen LogP contribution < -0.4 is 9.47 Å². The van der Waals surface area contributed by atoms with E-state index in [2.05, 4.69) is 23.8 Å². The van der Waals surface area contributed by atoms with Crippen molar-refractivity contribution in [1.29, 1.82) is 0 Å². The number of aromatic nitrogens is 2. The molecule has 0 unspecified atom stereocenters. The minimum absolute atomic E-state index is 0.221. The summed E-state index contributed by atoms with van der Waals surface area (Å²) in [5.74, 6) is 2.22. The Labute approximate surface area is 162 Å². The molecule has 6 heteroatoms. The van der Waals surface area contributed by atoms with Gasteiger partial charge in [0.15, 0.2) is 5.16 Å². The molecule has 3 rings (SSSR count). The summed E-state index contributed by atoms with van der Waals surface area (Å²) in [5.41, 5.74) is 2.00. The molecule has 0 spiro atoms. The Morgan fingerprint density at radius 3 is 2.52 bits per heavy atom. The van der Waals surface area contributed by atoms with Crippen molar-refractivity contribution in [2.24, 2.45) is 0 Å². The highest BCUT2D eigenvalue weighted by Gasteiger charge is 2.11. The zero-order valence-electron chi connectivity index (χ0n) is 15.5. The average molecular weight is 384 g/mol. The molecule has 0 aliphatic carbocycles. The molecule has 27 heavy (non-hydrogen) atoms. The highest BCUT2D eigenvalue weighted by molar-refractivity contribution is 7.98. The first-order chi connectivity index (χ1) is 13.0. The third-order valence-electron chi connectivity index (χ3n) is 3.81. The van der Waals surface area contributed by atoms with Crippen LogP contribution in [0.2, 0.25) is 0 Å². The molecule has 0 amide bonds. The molecule has 2 aromatic carbocycles. The Morgan fingerprint density at radius 1 is 1.00 bits per heavy atom. The van der Waals surface area contributed by atoms with E-state index in [0.717, 1.165) is 17.0 Å². The fourth-order valence-electron chi connectivity index (χ4n) is 2.39. The van der Waals surface area contributed by atoms with E-state index < -0.39 is 0 Å². The summed E-state index contributed by atoms with van der Waals surface area (Å²) in [4.78, 5) is 9.09. The highest BCUT2D eigenvalue weighted by atomic mass is 32.2. The topological polar surface area (TPSA) is 44.2 Å². The van der Waals surface area contributed by atoms with Gasteiger partial charge in [0.1, 0.15) is 17.3 Å². The molecule has 140 valence electrons. The first-order valence-corrected chi connectivity index (χ1v) is 9.60. The number of methoxy groups -OCH3 is 1. The van der Waals surface area contributed by atoms with E-state index in [1.165, 1.54) is 23.9 Å². The molecular weight excluding hydrogens is 363 g/mol. The zero-order chi connectivity index (χ0) is 19.2. The number of hydrogen-bond acceptors (Lipinski definition) is 5. The fraction of sp³-hybridized carbons (Fsp3) is 0.238. The van der Waals surface area contributed by atoms with Crippen LogP contribution in [0.1, 0.15) is 31.0 Å². The van der Waals surface area contributed by atoms with Crippen molar-refractivity contribution >= 4 is 11.8 Å². The third-order valence-corrected chi connectivity index (χ3v) is 4.73. The second-order valence-electron chi connectivity index (χ2n) is 6.27. The second kappa shape index (κ2) is 8.86. The monoisotopic (exact) mass is 384 g/mol. The molecule has 0 radical (unpaired) electrons. The Kier molecular flexibility index (Phi) is 6.29. The lowest BCUT2D eigenvalue weighted by atomic mass is 10.1. The number of halogens is 1. The summed E-state index contributed by atoms with van der Waals surface area (Å²) >= 11 is 1.52. The molecule has 4 nitrogen and oxygen atoms in total. The molecule has 0 saturated carbocycles. The van der Waals surface area contributed by atoms with E-state index in [1.807, 2.05) is 24.3 Å². The Morgan fingerprint density at radius 2 is 1.78 bits per heavy atom. The van der Waals surface area contributed by atoms with E-state index in [9.17, 15) is 4.39 Å². The largest absolute Gasteiger partial charge is 0.497 e. The van der Waals surface area contributed by atoms with Gasteiger partial charge in [-0.2, -0.15) is 4.98 Å². The first kappa shape index (κ1) is 19.2. The van der Waals surface area contributed by atoms with Crippen LogP contribution in [0.25, 0.3) is 0 Å². The van der Waals surface area contributed by atoms with Gasteiger partial charge in [0.25, 0.3) is 0 Å². The van der Waals surface area contributed by atoms with E-state index in [-0.39, 0.29) is 11.7 Å². The maximum Gasteiger partial charge on any atom is 0.223 e. The van der Waals surface area contributed by atoms with Gasteiger partial charge in [-0.15, -0.1) is 0 Å². The lowest BCUT2D eigenvalue weighted by Gasteiger charge is -2.11. The van der Waals surface area contributed by atoms with Crippen molar-refractivity contribution in [2.75, 3.05) is 7.11 Å². The highest BCUT2D eigenvalue weighted by Crippen LogP contribution is 2.28. The maximum atomic E-state index is 13.4. The number of ether oxygens (including phenoxy) is 2. The summed E-state index contributed by atoms with van der Waals surface area (Å²) in [7, 11) is 1.65. The molecular formula is C21H21FN2O2S. The van der Waals surface area contributed by atoms with Crippen LogP contribution in [0.15, 0.2) is 59.8 Å². The van der Waals surface area contributed by atoms with Crippen molar-refractivity contribution in [3.05, 3.63) is 71.7 Å². The maximum absolute atomic E-state index is 13.4. The quantitative estimate of drug-likeness (QED) is 0.379. The summed E-state index contributed by atoms with van der Waals surface area (Å²) in [6.07, 6.45) is 0. The van der Waals surface area contributed by atoms with Gasteiger partial charge in [0.2, 0.25) is 5.88 Å². The number of hydrogen-bond donors (Lipinski definition) is 0. The van der Waals surface area contributed by atoms with E-state index >= 15 is 0 Å². The standard InChI is InChI=1S/C21H21FN2O2S/c1-14(2)19-12-20(26-18-9-5-7-16(22)11-18)24-21(23-19)27-13-15-6-4-8-17(10-15)25-3/h4-12,14H,13H2,1-3H3. The van der Waals surface area contributed by atoms with Gasteiger partial charge in [-0.05, 0) is 35.7 Å². The molecule has 0 N–H and O–H groups in total. The van der Waals surface area contributed by atoms with Crippen LogP contribution >= 0.6 is 11.8 Å². The average Bonchev–Trinajstić information content (AvgIpc) is 2.66. The molecule has 0 aliphatic heterocycles. The van der Waals surface area contributed by atoms with Crippen LogP contribution in [-0.4, -0.2) is 17.1 Å². The number of rotatable bonds is 7. The lowest BCUT2D eigenvalue weighted by Crippen LogP contribution is -2.00. The van der Waals surface area contributed by atoms with Crippen LogP contribution in [0, 0.1) is 5.82 Å². The van der Waals surface area contributed by atoms with E-state index in [1.54, 1.807) is 25.3 Å². The Hall–Kier alpha value is -2.60. The van der Waals surface area contributed by atoms with Gasteiger partial charge >= 0.3 is 0 Å². The molecule has 0 saturated heterocycles. The van der Waals surface area contributed by atoms with Crippen LogP contribution in [-0.2, 0) is 5.75 Å². The van der Waals surface area contributed by atoms with E-state index in [0.29, 0.717) is 22.5 Å². The van der Waals surface area contributed by atoms with Gasteiger partial charge in [-0.25, -0.2) is 9.37 Å². The Bertz CT molecular complexity index is 918. The second-order valence-corrected chi connectivity index (χ2v) is 7.21. The van der Waals surface area contributed by atoms with Crippen molar-refractivity contribution in [3.63, 3.8) is 0 Å². The molecule has 0 bridgehead atoms. The van der Waals surface area contributed by atoms with Crippen molar-refractivity contribution < 1.29 is 13.9 Å². The minimum Gasteiger partial charge on any atom is -0.497 e. The predicted octanol–water partition coefficient (Wildman–Crippen LogP) is 5.83. The van der Waals surface area contributed by atoms with Gasteiger partial charge in [-0.1, -0.05) is 43.8 Å². The zero-order valence-corrected chi connectivity index (χ0v) is 16.3. The molecule has 1 heterocycles. The summed E-state index contributed by atoms with van der Waals surface area (Å²) in [6.45, 7) is 4.12. The third kappa shape index (κ3) is 5.44. The Balaban J connectivity index is 1.80. The van der Waals surface area contributed by atoms with Gasteiger partial charge in [-0.3, -0.25) is 0 Å². The molecule has 3 aromatic rings. The van der Waals surface area contributed by atoms with Gasteiger partial charge in [0.05, 0.1) is 12.8 Å². The van der Waals surface area contributed by atoms with Gasteiger partial charge < -0.3 is 9.47 Å². The lowest BCUT2D eigenvalue weighted by molar-refractivity contribution is 0.414. The number of benzene rings is 2. The SMILES string of the molecule is COc1cccc(CSc2nc(Oc3cccc(F)c3)cc(C(C)C)n2)c1. The van der Waals surface area contributed by atoms with Crippen LogP contribution in [0.4, 0.5) is 4.39 Å². The summed E-state index contributed by atoms with van der Waals surface area (Å²) in [6, 6.07) is 15.7. The number of thioether (sulfide) groups is 1. The minimum atomic E-state index is -0.349.